The van der Waals surface area contributed by atoms with Crippen LogP contribution in [0, 0.1) is 6.92 Å². The summed E-state index contributed by atoms with van der Waals surface area (Å²) in [5.41, 5.74) is 2.94. The fraction of sp³-hybridized carbons (Fsp3) is 0.118. The molecule has 0 spiro atoms. The van der Waals surface area contributed by atoms with Gasteiger partial charge in [-0.3, -0.25) is 9.78 Å². The van der Waals surface area contributed by atoms with Crippen LogP contribution in [-0.2, 0) is 0 Å². The number of aromatic nitrogens is 2. The van der Waals surface area contributed by atoms with E-state index >= 15 is 0 Å². The monoisotopic (exact) mass is 325 g/mol. The van der Waals surface area contributed by atoms with Crippen LogP contribution in [0.15, 0.2) is 48.1 Å². The van der Waals surface area contributed by atoms with Crippen molar-refractivity contribution in [2.75, 3.05) is 12.4 Å². The summed E-state index contributed by atoms with van der Waals surface area (Å²) >= 11 is 1.41. The van der Waals surface area contributed by atoms with Crippen molar-refractivity contribution in [3.8, 4) is 16.3 Å². The molecule has 0 fully saturated rings. The quantitative estimate of drug-likeness (QED) is 0.793. The normalized spacial score (nSPS) is 10.3. The Kier molecular flexibility index (Phi) is 4.34. The average Bonchev–Trinajstić information content (AvgIpc) is 3.06. The number of carbonyl (C=O) groups is 1. The second kappa shape index (κ2) is 6.58. The van der Waals surface area contributed by atoms with Crippen molar-refractivity contribution < 1.29 is 9.53 Å². The van der Waals surface area contributed by atoms with E-state index in [1.807, 2.05) is 37.3 Å². The largest absolute Gasteiger partial charge is 0.495 e. The van der Waals surface area contributed by atoms with E-state index in [1.54, 1.807) is 24.9 Å². The molecule has 1 N–H and O–H groups in total. The summed E-state index contributed by atoms with van der Waals surface area (Å²) in [5.74, 6) is 0.354. The Morgan fingerprint density at radius 3 is 2.91 bits per heavy atom. The fourth-order valence-corrected chi connectivity index (χ4v) is 2.90. The Bertz CT molecular complexity index is 831. The number of methoxy groups -OCH3 is 1. The molecule has 0 bridgehead atoms. The summed E-state index contributed by atoms with van der Waals surface area (Å²) in [7, 11) is 1.57. The summed E-state index contributed by atoms with van der Waals surface area (Å²) in [6.45, 7) is 1.96. The van der Waals surface area contributed by atoms with E-state index in [4.69, 9.17) is 4.74 Å². The summed E-state index contributed by atoms with van der Waals surface area (Å²) in [4.78, 5) is 20.8. The Hall–Kier alpha value is -2.73. The van der Waals surface area contributed by atoms with Crippen LogP contribution in [0.5, 0.6) is 5.75 Å². The van der Waals surface area contributed by atoms with E-state index in [2.05, 4.69) is 15.3 Å². The lowest BCUT2D eigenvalue weighted by Gasteiger charge is -2.10. The molecule has 0 saturated heterocycles. The second-order valence-electron chi connectivity index (χ2n) is 4.94. The number of thiazole rings is 1. The van der Waals surface area contributed by atoms with Gasteiger partial charge in [0.1, 0.15) is 16.5 Å². The predicted octanol–water partition coefficient (Wildman–Crippen LogP) is 3.77. The van der Waals surface area contributed by atoms with E-state index < -0.39 is 0 Å². The number of benzene rings is 1. The highest BCUT2D eigenvalue weighted by Crippen LogP contribution is 2.27. The van der Waals surface area contributed by atoms with Crippen molar-refractivity contribution >= 4 is 22.9 Å². The lowest BCUT2D eigenvalue weighted by molar-refractivity contribution is 0.102. The maximum Gasteiger partial charge on any atom is 0.275 e. The van der Waals surface area contributed by atoms with Crippen molar-refractivity contribution in [3.63, 3.8) is 0 Å². The van der Waals surface area contributed by atoms with Crippen LogP contribution < -0.4 is 10.1 Å². The zero-order chi connectivity index (χ0) is 16.2. The first kappa shape index (κ1) is 15.2. The van der Waals surface area contributed by atoms with E-state index in [9.17, 15) is 4.79 Å². The number of hydrogen-bond acceptors (Lipinski definition) is 5. The number of aryl methyl sites for hydroxylation is 1. The van der Waals surface area contributed by atoms with Crippen molar-refractivity contribution in [3.05, 3.63) is 59.4 Å². The number of pyridine rings is 1. The molecule has 2 aromatic heterocycles. The minimum absolute atomic E-state index is 0.264. The van der Waals surface area contributed by atoms with Gasteiger partial charge >= 0.3 is 0 Å². The Labute approximate surface area is 138 Å². The van der Waals surface area contributed by atoms with Gasteiger partial charge in [0.2, 0.25) is 0 Å². The van der Waals surface area contributed by atoms with Crippen LogP contribution in [0.2, 0.25) is 0 Å². The molecule has 1 amide bonds. The van der Waals surface area contributed by atoms with Gasteiger partial charge in [-0.15, -0.1) is 11.3 Å². The molecule has 1 aromatic carbocycles. The lowest BCUT2D eigenvalue weighted by Crippen LogP contribution is -2.13. The molecule has 23 heavy (non-hydrogen) atoms. The van der Waals surface area contributed by atoms with Crippen LogP contribution in [-0.4, -0.2) is 23.0 Å². The van der Waals surface area contributed by atoms with Crippen LogP contribution >= 0.6 is 11.3 Å². The Balaban J connectivity index is 1.82. The molecule has 0 aliphatic carbocycles. The van der Waals surface area contributed by atoms with E-state index in [0.29, 0.717) is 17.1 Å². The van der Waals surface area contributed by atoms with Gasteiger partial charge in [0, 0.05) is 23.3 Å². The second-order valence-corrected chi connectivity index (χ2v) is 5.80. The SMILES string of the molecule is COc1ccc(C)cc1NC(=O)c1csc(-c2cccnc2)n1. The van der Waals surface area contributed by atoms with Gasteiger partial charge in [0.05, 0.1) is 12.8 Å². The van der Waals surface area contributed by atoms with Crippen LogP contribution in [0.25, 0.3) is 10.6 Å². The molecule has 0 unspecified atom stereocenters. The van der Waals surface area contributed by atoms with E-state index in [-0.39, 0.29) is 5.91 Å². The average molecular weight is 325 g/mol. The number of amides is 1. The molecule has 116 valence electrons. The number of nitrogens with one attached hydrogen (secondary N) is 1. The van der Waals surface area contributed by atoms with E-state index in [1.165, 1.54) is 11.3 Å². The van der Waals surface area contributed by atoms with Gasteiger partial charge in [-0.1, -0.05) is 6.07 Å². The van der Waals surface area contributed by atoms with Gasteiger partial charge in [0.15, 0.2) is 0 Å². The molecule has 0 radical (unpaired) electrons. The standard InChI is InChI=1S/C17H15N3O2S/c1-11-5-6-15(22-2)13(8-11)19-16(21)14-10-23-17(20-14)12-4-3-7-18-9-12/h3-10H,1-2H3,(H,19,21). The third-order valence-electron chi connectivity index (χ3n) is 3.25. The molecule has 0 aliphatic rings. The fourth-order valence-electron chi connectivity index (χ4n) is 2.11. The molecule has 0 atom stereocenters. The molecule has 3 aromatic rings. The van der Waals surface area contributed by atoms with E-state index in [0.717, 1.165) is 16.1 Å². The highest BCUT2D eigenvalue weighted by Gasteiger charge is 2.14. The molecule has 2 heterocycles. The van der Waals surface area contributed by atoms with Crippen molar-refractivity contribution in [1.29, 1.82) is 0 Å². The summed E-state index contributed by atoms with van der Waals surface area (Å²) in [6, 6.07) is 9.38. The molecule has 5 nitrogen and oxygen atoms in total. The van der Waals surface area contributed by atoms with Crippen LogP contribution in [0.4, 0.5) is 5.69 Å². The van der Waals surface area contributed by atoms with Crippen LogP contribution in [0.3, 0.4) is 0 Å². The highest BCUT2D eigenvalue weighted by molar-refractivity contribution is 7.13. The molecular weight excluding hydrogens is 310 g/mol. The first-order valence-electron chi connectivity index (χ1n) is 6.99. The van der Waals surface area contributed by atoms with Gasteiger partial charge in [-0.05, 0) is 36.8 Å². The van der Waals surface area contributed by atoms with Crippen LogP contribution in [0.1, 0.15) is 16.1 Å². The zero-order valence-electron chi connectivity index (χ0n) is 12.7. The first-order chi connectivity index (χ1) is 11.2. The van der Waals surface area contributed by atoms with Gasteiger partial charge in [-0.25, -0.2) is 4.98 Å². The highest BCUT2D eigenvalue weighted by atomic mass is 32.1. The summed E-state index contributed by atoms with van der Waals surface area (Å²) < 4.78 is 5.27. The van der Waals surface area contributed by atoms with Crippen molar-refractivity contribution in [2.45, 2.75) is 6.92 Å². The van der Waals surface area contributed by atoms with Gasteiger partial charge in [-0.2, -0.15) is 0 Å². The molecule has 3 rings (SSSR count). The van der Waals surface area contributed by atoms with Crippen molar-refractivity contribution in [2.24, 2.45) is 0 Å². The number of nitrogens with zero attached hydrogens (tertiary/aromatic N) is 2. The number of carbonyl (C=O) groups excluding carboxylic acids is 1. The van der Waals surface area contributed by atoms with Gasteiger partial charge in [0.25, 0.3) is 5.91 Å². The molecule has 0 saturated carbocycles. The Morgan fingerprint density at radius 1 is 1.30 bits per heavy atom. The third kappa shape index (κ3) is 3.37. The Morgan fingerprint density at radius 2 is 2.17 bits per heavy atom. The zero-order valence-corrected chi connectivity index (χ0v) is 13.6. The lowest BCUT2D eigenvalue weighted by atomic mass is 10.2. The number of rotatable bonds is 4. The number of hydrogen-bond donors (Lipinski definition) is 1. The number of ether oxygens (including phenoxy) is 1. The van der Waals surface area contributed by atoms with Crippen molar-refractivity contribution in [1.82, 2.24) is 9.97 Å². The maximum absolute atomic E-state index is 12.4. The minimum Gasteiger partial charge on any atom is -0.495 e. The number of anilines is 1. The summed E-state index contributed by atoms with van der Waals surface area (Å²) in [5, 5.41) is 5.35. The first-order valence-corrected chi connectivity index (χ1v) is 7.87. The smallest absolute Gasteiger partial charge is 0.275 e. The molecule has 0 aliphatic heterocycles. The third-order valence-corrected chi connectivity index (χ3v) is 4.14. The molecule has 6 heteroatoms. The molecular formula is C17H15N3O2S. The minimum atomic E-state index is -0.264. The predicted molar refractivity (Wildman–Crippen MR) is 91.0 cm³/mol. The maximum atomic E-state index is 12.4. The topological polar surface area (TPSA) is 64.1 Å². The van der Waals surface area contributed by atoms with Gasteiger partial charge < -0.3 is 10.1 Å². The summed E-state index contributed by atoms with van der Waals surface area (Å²) in [6.07, 6.45) is 3.43.